The van der Waals surface area contributed by atoms with Gasteiger partial charge in [-0.15, -0.1) is 0 Å². The monoisotopic (exact) mass is 311 g/mol. The van der Waals surface area contributed by atoms with Crippen molar-refractivity contribution in [3.05, 3.63) is 35.4 Å². The minimum Gasteiger partial charge on any atom is -0.368 e. The molecule has 7 heteroatoms. The Morgan fingerprint density at radius 2 is 2.05 bits per heavy atom. The van der Waals surface area contributed by atoms with Gasteiger partial charge in [0, 0.05) is 19.6 Å². The van der Waals surface area contributed by atoms with Crippen molar-refractivity contribution in [2.75, 3.05) is 19.3 Å². The first-order valence-corrected chi connectivity index (χ1v) is 8.81. The number of rotatable bonds is 6. The first kappa shape index (κ1) is 15.9. The van der Waals surface area contributed by atoms with E-state index in [-0.39, 0.29) is 11.9 Å². The van der Waals surface area contributed by atoms with Gasteiger partial charge in [-0.25, -0.2) is 13.1 Å². The van der Waals surface area contributed by atoms with Gasteiger partial charge in [0.2, 0.25) is 15.9 Å². The van der Waals surface area contributed by atoms with Crippen LogP contribution in [-0.4, -0.2) is 44.6 Å². The molecule has 1 amide bonds. The molecule has 1 aliphatic rings. The number of nitrogens with two attached hydrogens (primary N) is 1. The summed E-state index contributed by atoms with van der Waals surface area (Å²) in [5, 5.41) is 0. The third-order valence-electron chi connectivity index (χ3n) is 3.66. The van der Waals surface area contributed by atoms with E-state index >= 15 is 0 Å². The zero-order chi connectivity index (χ0) is 15.5. The number of nitrogens with zero attached hydrogens (tertiary/aromatic N) is 1. The Labute approximate surface area is 125 Å². The zero-order valence-corrected chi connectivity index (χ0v) is 12.9. The van der Waals surface area contributed by atoms with Crippen molar-refractivity contribution < 1.29 is 13.2 Å². The molecule has 0 radical (unpaired) electrons. The third-order valence-corrected chi connectivity index (χ3v) is 4.39. The molecule has 116 valence electrons. The second-order valence-electron chi connectivity index (χ2n) is 5.38. The highest BCUT2D eigenvalue weighted by atomic mass is 32.2. The van der Waals surface area contributed by atoms with Crippen molar-refractivity contribution in [3.8, 4) is 0 Å². The Balaban J connectivity index is 1.98. The highest BCUT2D eigenvalue weighted by Gasteiger charge is 2.29. The van der Waals surface area contributed by atoms with Crippen LogP contribution in [0.4, 0.5) is 0 Å². The third kappa shape index (κ3) is 4.52. The number of hydrogen-bond acceptors (Lipinski definition) is 4. The first-order chi connectivity index (χ1) is 9.87. The van der Waals surface area contributed by atoms with Crippen LogP contribution in [0.25, 0.3) is 0 Å². The van der Waals surface area contributed by atoms with E-state index in [0.29, 0.717) is 32.5 Å². The summed E-state index contributed by atoms with van der Waals surface area (Å²) in [6.07, 6.45) is 2.39. The number of carbonyl (C=O) groups excluding carboxylic acids is 1. The maximum absolute atomic E-state index is 11.6. The molecule has 0 unspecified atom stereocenters. The van der Waals surface area contributed by atoms with Crippen molar-refractivity contribution in [2.45, 2.75) is 25.4 Å². The minimum absolute atomic E-state index is 0.321. The molecule has 1 atom stereocenters. The Kier molecular flexibility index (Phi) is 4.97. The lowest BCUT2D eigenvalue weighted by molar-refractivity contribution is -0.123. The van der Waals surface area contributed by atoms with E-state index in [9.17, 15) is 13.2 Å². The maximum atomic E-state index is 11.6. The molecule has 0 bridgehead atoms. The number of carbonyl (C=O) groups is 1. The van der Waals surface area contributed by atoms with E-state index in [4.69, 9.17) is 5.73 Å². The summed E-state index contributed by atoms with van der Waals surface area (Å²) in [6.45, 7) is 1.66. The van der Waals surface area contributed by atoms with Gasteiger partial charge in [0.15, 0.2) is 0 Å². The van der Waals surface area contributed by atoms with Crippen LogP contribution in [-0.2, 0) is 27.8 Å². The Morgan fingerprint density at radius 3 is 2.67 bits per heavy atom. The van der Waals surface area contributed by atoms with Gasteiger partial charge in [-0.05, 0) is 24.0 Å². The molecule has 2 rings (SSSR count). The van der Waals surface area contributed by atoms with Gasteiger partial charge in [-0.1, -0.05) is 24.3 Å². The van der Waals surface area contributed by atoms with Crippen LogP contribution < -0.4 is 10.5 Å². The molecule has 0 saturated carbocycles. The summed E-state index contributed by atoms with van der Waals surface area (Å²) < 4.78 is 24.5. The summed E-state index contributed by atoms with van der Waals surface area (Å²) in [7, 11) is -3.17. The van der Waals surface area contributed by atoms with Crippen molar-refractivity contribution in [3.63, 3.8) is 0 Å². The van der Waals surface area contributed by atoms with Crippen LogP contribution in [0.3, 0.4) is 0 Å². The SMILES string of the molecule is CS(=O)(=O)NCCCN1Cc2ccccc2C[C@H]1C(N)=O. The fraction of sp³-hybridized carbons (Fsp3) is 0.500. The second-order valence-corrected chi connectivity index (χ2v) is 7.21. The van der Waals surface area contributed by atoms with Crippen molar-refractivity contribution >= 4 is 15.9 Å². The van der Waals surface area contributed by atoms with Gasteiger partial charge in [-0.2, -0.15) is 0 Å². The van der Waals surface area contributed by atoms with Crippen LogP contribution in [0.5, 0.6) is 0 Å². The van der Waals surface area contributed by atoms with Gasteiger partial charge in [-0.3, -0.25) is 9.69 Å². The smallest absolute Gasteiger partial charge is 0.235 e. The summed E-state index contributed by atoms with van der Waals surface area (Å²) in [4.78, 5) is 13.7. The minimum atomic E-state index is -3.17. The topological polar surface area (TPSA) is 92.5 Å². The quantitative estimate of drug-likeness (QED) is 0.714. The Hall–Kier alpha value is -1.44. The highest BCUT2D eigenvalue weighted by Crippen LogP contribution is 2.23. The van der Waals surface area contributed by atoms with Gasteiger partial charge in [0.25, 0.3) is 0 Å². The fourth-order valence-electron chi connectivity index (χ4n) is 2.63. The molecule has 0 fully saturated rings. The van der Waals surface area contributed by atoms with Crippen LogP contribution in [0.1, 0.15) is 17.5 Å². The fourth-order valence-corrected chi connectivity index (χ4v) is 3.15. The number of fused-ring (bicyclic) bond motifs is 1. The van der Waals surface area contributed by atoms with Gasteiger partial charge in [0.1, 0.15) is 0 Å². The van der Waals surface area contributed by atoms with E-state index in [1.807, 2.05) is 29.2 Å². The van der Waals surface area contributed by atoms with E-state index in [0.717, 1.165) is 11.8 Å². The molecule has 1 aromatic rings. The van der Waals surface area contributed by atoms with Gasteiger partial charge in [0.05, 0.1) is 12.3 Å². The van der Waals surface area contributed by atoms with Crippen LogP contribution >= 0.6 is 0 Å². The zero-order valence-electron chi connectivity index (χ0n) is 12.1. The lowest BCUT2D eigenvalue weighted by Gasteiger charge is -2.35. The molecule has 6 nitrogen and oxygen atoms in total. The first-order valence-electron chi connectivity index (χ1n) is 6.91. The molecule has 21 heavy (non-hydrogen) atoms. The number of primary amides is 1. The van der Waals surface area contributed by atoms with E-state index in [1.165, 1.54) is 5.56 Å². The molecule has 0 spiro atoms. The average Bonchev–Trinajstić information content (AvgIpc) is 2.41. The van der Waals surface area contributed by atoms with Gasteiger partial charge >= 0.3 is 0 Å². The normalized spacial score (nSPS) is 19.2. The van der Waals surface area contributed by atoms with E-state index < -0.39 is 10.0 Å². The molecule has 1 heterocycles. The van der Waals surface area contributed by atoms with E-state index in [2.05, 4.69) is 4.72 Å². The lowest BCUT2D eigenvalue weighted by atomic mass is 9.93. The molecular formula is C14H21N3O3S. The Bertz CT molecular complexity index is 616. The predicted octanol–water partition coefficient (Wildman–Crippen LogP) is -0.162. The average molecular weight is 311 g/mol. The van der Waals surface area contributed by atoms with Crippen molar-refractivity contribution in [2.24, 2.45) is 5.73 Å². The van der Waals surface area contributed by atoms with Gasteiger partial charge < -0.3 is 5.73 Å². The maximum Gasteiger partial charge on any atom is 0.235 e. The molecule has 1 aromatic carbocycles. The molecule has 0 aromatic heterocycles. The second kappa shape index (κ2) is 6.55. The van der Waals surface area contributed by atoms with Crippen LogP contribution in [0, 0.1) is 0 Å². The molecule has 1 aliphatic heterocycles. The molecular weight excluding hydrogens is 290 g/mol. The largest absolute Gasteiger partial charge is 0.368 e. The summed E-state index contributed by atoms with van der Waals surface area (Å²) >= 11 is 0. The number of amides is 1. The predicted molar refractivity (Wildman–Crippen MR) is 81.0 cm³/mol. The number of nitrogens with one attached hydrogen (secondary N) is 1. The summed E-state index contributed by atoms with van der Waals surface area (Å²) in [5.41, 5.74) is 7.86. The summed E-state index contributed by atoms with van der Waals surface area (Å²) in [5.74, 6) is -0.333. The van der Waals surface area contributed by atoms with Crippen molar-refractivity contribution in [1.82, 2.24) is 9.62 Å². The highest BCUT2D eigenvalue weighted by molar-refractivity contribution is 7.88. The van der Waals surface area contributed by atoms with E-state index in [1.54, 1.807) is 0 Å². The molecule has 3 N–H and O–H groups in total. The summed E-state index contributed by atoms with van der Waals surface area (Å²) in [6, 6.07) is 7.69. The molecule has 0 aliphatic carbocycles. The lowest BCUT2D eigenvalue weighted by Crippen LogP contribution is -2.49. The number of benzene rings is 1. The molecule has 0 saturated heterocycles. The van der Waals surface area contributed by atoms with Crippen LogP contribution in [0.15, 0.2) is 24.3 Å². The number of sulfonamides is 1. The standard InChI is InChI=1S/C14H21N3O3S/c1-21(19,20)16-7-4-8-17-10-12-6-3-2-5-11(12)9-13(17)14(15)18/h2-3,5-6,13,16H,4,7-10H2,1H3,(H2,15,18)/t13-/m0/s1. The van der Waals surface area contributed by atoms with Crippen LogP contribution in [0.2, 0.25) is 0 Å². The Morgan fingerprint density at radius 1 is 1.38 bits per heavy atom. The number of hydrogen-bond donors (Lipinski definition) is 2. The van der Waals surface area contributed by atoms with Crippen molar-refractivity contribution in [1.29, 1.82) is 0 Å².